The van der Waals surface area contributed by atoms with E-state index in [1.165, 1.54) is 23.5 Å². The van der Waals surface area contributed by atoms with Crippen molar-refractivity contribution in [3.63, 3.8) is 0 Å². The summed E-state index contributed by atoms with van der Waals surface area (Å²) in [6.07, 6.45) is 2.46. The third kappa shape index (κ3) is 3.39. The van der Waals surface area contributed by atoms with Gasteiger partial charge in [0, 0.05) is 17.6 Å². The maximum atomic E-state index is 13.9. The Morgan fingerprint density at radius 3 is 2.80 bits per heavy atom. The molecule has 1 atom stereocenters. The van der Waals surface area contributed by atoms with E-state index in [-0.39, 0.29) is 10.9 Å². The summed E-state index contributed by atoms with van der Waals surface area (Å²) in [5.74, 6) is -0.724. The Morgan fingerprint density at radius 2 is 2.10 bits per heavy atom. The summed E-state index contributed by atoms with van der Waals surface area (Å²) >= 11 is 3.13. The van der Waals surface area contributed by atoms with Gasteiger partial charge in [-0.15, -0.1) is 0 Å². The van der Waals surface area contributed by atoms with Crippen LogP contribution in [-0.2, 0) is 10.0 Å². The van der Waals surface area contributed by atoms with Crippen LogP contribution in [0.3, 0.4) is 0 Å². The van der Waals surface area contributed by atoms with Crippen LogP contribution in [0.15, 0.2) is 27.6 Å². The van der Waals surface area contributed by atoms with Gasteiger partial charge in [-0.05, 0) is 50.6 Å². The second-order valence-electron chi connectivity index (χ2n) is 4.93. The van der Waals surface area contributed by atoms with Gasteiger partial charge in [-0.2, -0.15) is 4.31 Å². The van der Waals surface area contributed by atoms with E-state index in [1.807, 2.05) is 0 Å². The summed E-state index contributed by atoms with van der Waals surface area (Å²) in [7, 11) is -2.26. The fraction of sp³-hybridized carbons (Fsp3) is 0.538. The highest BCUT2D eigenvalue weighted by Crippen LogP contribution is 2.25. The molecule has 1 saturated heterocycles. The van der Waals surface area contributed by atoms with E-state index in [2.05, 4.69) is 21.2 Å². The molecule has 1 heterocycles. The predicted octanol–water partition coefficient (Wildman–Crippen LogP) is 2.35. The largest absolute Gasteiger partial charge is 0.317 e. The Hall–Kier alpha value is -0.500. The summed E-state index contributed by atoms with van der Waals surface area (Å²) < 4.78 is 40.8. The first-order chi connectivity index (χ1) is 9.43. The van der Waals surface area contributed by atoms with E-state index >= 15 is 0 Å². The number of hydrogen-bond donors (Lipinski definition) is 1. The first-order valence-corrected chi connectivity index (χ1v) is 8.80. The summed E-state index contributed by atoms with van der Waals surface area (Å²) in [6.45, 7) is 1.68. The van der Waals surface area contributed by atoms with E-state index in [0.717, 1.165) is 32.4 Å². The average Bonchev–Trinajstić information content (AvgIpc) is 2.66. The maximum Gasteiger partial charge on any atom is 0.245 e. The molecule has 1 aliphatic heterocycles. The van der Waals surface area contributed by atoms with Gasteiger partial charge < -0.3 is 5.32 Å². The van der Waals surface area contributed by atoms with Gasteiger partial charge in [0.15, 0.2) is 0 Å². The quantitative estimate of drug-likeness (QED) is 0.895. The molecule has 1 fully saturated rings. The van der Waals surface area contributed by atoms with Crippen LogP contribution >= 0.6 is 15.9 Å². The number of rotatable bonds is 3. The van der Waals surface area contributed by atoms with Crippen molar-refractivity contribution in [3.05, 3.63) is 28.5 Å². The molecule has 0 bridgehead atoms. The molecule has 112 valence electrons. The smallest absolute Gasteiger partial charge is 0.245 e. The molecule has 2 rings (SSSR count). The highest BCUT2D eigenvalue weighted by atomic mass is 79.9. The van der Waals surface area contributed by atoms with Gasteiger partial charge in [0.05, 0.1) is 0 Å². The lowest BCUT2D eigenvalue weighted by atomic mass is 10.1. The molecule has 1 aliphatic rings. The van der Waals surface area contributed by atoms with E-state index in [1.54, 1.807) is 6.07 Å². The van der Waals surface area contributed by atoms with Crippen LogP contribution in [0.2, 0.25) is 0 Å². The normalized spacial score (nSPS) is 20.9. The van der Waals surface area contributed by atoms with Crippen molar-refractivity contribution in [1.29, 1.82) is 0 Å². The predicted molar refractivity (Wildman–Crippen MR) is 79.6 cm³/mol. The second kappa shape index (κ2) is 6.51. The van der Waals surface area contributed by atoms with Crippen LogP contribution in [0.5, 0.6) is 0 Å². The summed E-state index contributed by atoms with van der Waals surface area (Å²) in [5, 5.41) is 3.24. The Morgan fingerprint density at radius 1 is 1.35 bits per heavy atom. The molecule has 0 saturated carbocycles. The number of hydrogen-bond acceptors (Lipinski definition) is 3. The van der Waals surface area contributed by atoms with Crippen molar-refractivity contribution < 1.29 is 12.8 Å². The Balaban J connectivity index is 2.28. The average molecular weight is 365 g/mol. The molecule has 0 spiro atoms. The molecular weight excluding hydrogens is 347 g/mol. The van der Waals surface area contributed by atoms with Gasteiger partial charge in [0.25, 0.3) is 0 Å². The van der Waals surface area contributed by atoms with Crippen LogP contribution in [0, 0.1) is 5.82 Å². The van der Waals surface area contributed by atoms with Crippen molar-refractivity contribution in [2.24, 2.45) is 0 Å². The fourth-order valence-electron chi connectivity index (χ4n) is 2.40. The zero-order valence-electron chi connectivity index (χ0n) is 11.3. The number of sulfonamides is 1. The number of benzene rings is 1. The van der Waals surface area contributed by atoms with Gasteiger partial charge in [0.2, 0.25) is 10.0 Å². The first-order valence-electron chi connectivity index (χ1n) is 6.57. The van der Waals surface area contributed by atoms with Crippen LogP contribution in [-0.4, -0.2) is 38.9 Å². The van der Waals surface area contributed by atoms with Crippen molar-refractivity contribution in [2.45, 2.75) is 30.2 Å². The number of nitrogens with one attached hydrogen (secondary N) is 1. The van der Waals surface area contributed by atoms with E-state index in [4.69, 9.17) is 0 Å². The molecule has 7 heteroatoms. The van der Waals surface area contributed by atoms with E-state index < -0.39 is 15.8 Å². The van der Waals surface area contributed by atoms with Gasteiger partial charge in [-0.25, -0.2) is 12.8 Å². The van der Waals surface area contributed by atoms with Crippen molar-refractivity contribution in [1.82, 2.24) is 9.62 Å². The van der Waals surface area contributed by atoms with Crippen molar-refractivity contribution in [3.8, 4) is 0 Å². The lowest BCUT2D eigenvalue weighted by Gasteiger charge is -2.26. The molecule has 4 nitrogen and oxygen atoms in total. The zero-order valence-corrected chi connectivity index (χ0v) is 13.7. The number of nitrogens with zero attached hydrogens (tertiary/aromatic N) is 1. The molecule has 1 N–H and O–H groups in total. The summed E-state index contributed by atoms with van der Waals surface area (Å²) in [5.41, 5.74) is 0. The minimum atomic E-state index is -3.79. The minimum Gasteiger partial charge on any atom is -0.317 e. The molecule has 0 aliphatic carbocycles. The standard InChI is InChI=1S/C13H18BrFN2O2S/c1-17(11-3-2-7-16-8-6-11)20(18,19)13-5-4-10(14)9-12(13)15/h4-5,9,11,16H,2-3,6-8H2,1H3. The molecule has 0 radical (unpaired) electrons. The Kier molecular flexibility index (Phi) is 5.17. The van der Waals surface area contributed by atoms with E-state index in [0.29, 0.717) is 4.47 Å². The molecule has 1 unspecified atom stereocenters. The van der Waals surface area contributed by atoms with Gasteiger partial charge in [0.1, 0.15) is 10.7 Å². The molecule has 0 amide bonds. The van der Waals surface area contributed by atoms with Gasteiger partial charge >= 0.3 is 0 Å². The molecular formula is C13H18BrFN2O2S. The van der Waals surface area contributed by atoms with Crippen LogP contribution in [0.1, 0.15) is 19.3 Å². The Labute approximate surface area is 127 Å². The SMILES string of the molecule is CN(C1CCCNCC1)S(=O)(=O)c1ccc(Br)cc1F. The topological polar surface area (TPSA) is 49.4 Å². The first kappa shape index (κ1) is 15.9. The highest BCUT2D eigenvalue weighted by molar-refractivity contribution is 9.10. The molecule has 1 aromatic rings. The third-order valence-electron chi connectivity index (χ3n) is 3.61. The zero-order chi connectivity index (χ0) is 14.8. The maximum absolute atomic E-state index is 13.9. The van der Waals surface area contributed by atoms with Crippen LogP contribution in [0.25, 0.3) is 0 Å². The molecule has 1 aromatic carbocycles. The minimum absolute atomic E-state index is 0.0851. The van der Waals surface area contributed by atoms with Crippen molar-refractivity contribution in [2.75, 3.05) is 20.1 Å². The lowest BCUT2D eigenvalue weighted by Crippen LogP contribution is -2.37. The van der Waals surface area contributed by atoms with Crippen molar-refractivity contribution >= 4 is 26.0 Å². The third-order valence-corrected chi connectivity index (χ3v) is 6.05. The van der Waals surface area contributed by atoms with E-state index in [9.17, 15) is 12.8 Å². The molecule has 20 heavy (non-hydrogen) atoms. The number of halogens is 2. The fourth-order valence-corrected chi connectivity index (χ4v) is 4.19. The monoisotopic (exact) mass is 364 g/mol. The van der Waals surface area contributed by atoms with Crippen LogP contribution in [0.4, 0.5) is 4.39 Å². The lowest BCUT2D eigenvalue weighted by molar-refractivity contribution is 0.340. The van der Waals surface area contributed by atoms with Crippen LogP contribution < -0.4 is 5.32 Å². The molecule has 0 aromatic heterocycles. The van der Waals surface area contributed by atoms with Gasteiger partial charge in [-0.1, -0.05) is 15.9 Å². The van der Waals surface area contributed by atoms with Gasteiger partial charge in [-0.3, -0.25) is 0 Å². The Bertz CT molecular complexity index is 572. The summed E-state index contributed by atoms with van der Waals surface area (Å²) in [6, 6.07) is 3.94. The highest BCUT2D eigenvalue weighted by Gasteiger charge is 2.30. The second-order valence-corrected chi connectivity index (χ2v) is 7.81. The summed E-state index contributed by atoms with van der Waals surface area (Å²) in [4.78, 5) is -0.264.